The summed E-state index contributed by atoms with van der Waals surface area (Å²) in [5.41, 5.74) is 0.0615. The van der Waals surface area contributed by atoms with Crippen molar-refractivity contribution < 1.29 is 10.0 Å². The molecule has 15 heavy (non-hydrogen) atoms. The first-order valence-electron chi connectivity index (χ1n) is 4.42. The molecule has 0 atom stereocenters. The lowest BCUT2D eigenvalue weighted by Crippen LogP contribution is -2.12. The van der Waals surface area contributed by atoms with Gasteiger partial charge in [-0.2, -0.15) is 0 Å². The number of rotatable bonds is 4. The van der Waals surface area contributed by atoms with Crippen LogP contribution >= 0.6 is 11.6 Å². The van der Waals surface area contributed by atoms with Gasteiger partial charge in [0.2, 0.25) is 0 Å². The third kappa shape index (κ3) is 2.81. The molecule has 0 saturated heterocycles. The molecule has 0 heterocycles. The van der Waals surface area contributed by atoms with E-state index in [2.05, 4.69) is 5.32 Å². The Balaban J connectivity index is 3.10. The van der Waals surface area contributed by atoms with Gasteiger partial charge in [-0.05, 0) is 12.6 Å². The van der Waals surface area contributed by atoms with Crippen molar-refractivity contribution in [3.63, 3.8) is 0 Å². The number of hydrogen-bond donors (Lipinski definition) is 2. The van der Waals surface area contributed by atoms with Crippen LogP contribution in [0, 0.1) is 10.1 Å². The van der Waals surface area contributed by atoms with Gasteiger partial charge in [0.1, 0.15) is 0 Å². The highest BCUT2D eigenvalue weighted by Gasteiger charge is 2.17. The van der Waals surface area contributed by atoms with Gasteiger partial charge in [0.25, 0.3) is 0 Å². The van der Waals surface area contributed by atoms with E-state index in [1.807, 2.05) is 6.92 Å². The van der Waals surface area contributed by atoms with Gasteiger partial charge in [0, 0.05) is 23.2 Å². The molecule has 0 unspecified atom stereocenters. The van der Waals surface area contributed by atoms with Crippen molar-refractivity contribution in [3.8, 4) is 5.75 Å². The topological polar surface area (TPSA) is 75.4 Å². The third-order valence-corrected chi connectivity index (χ3v) is 2.11. The van der Waals surface area contributed by atoms with Crippen LogP contribution in [0.1, 0.15) is 12.5 Å². The largest absolute Gasteiger partial charge is 0.502 e. The molecule has 0 bridgehead atoms. The van der Waals surface area contributed by atoms with Crippen LogP contribution in [0.3, 0.4) is 0 Å². The Labute approximate surface area is 91.8 Å². The molecule has 5 nitrogen and oxygen atoms in total. The summed E-state index contributed by atoms with van der Waals surface area (Å²) in [6, 6.07) is 2.64. The molecule has 1 aromatic rings. The molecule has 0 spiro atoms. The van der Waals surface area contributed by atoms with E-state index in [1.54, 1.807) is 0 Å². The summed E-state index contributed by atoms with van der Waals surface area (Å²) >= 11 is 5.70. The molecule has 0 fully saturated rings. The van der Waals surface area contributed by atoms with E-state index in [9.17, 15) is 15.2 Å². The SMILES string of the molecule is CCNCc1cc(Cl)cc([N+](=O)[O-])c1O. The maximum atomic E-state index is 10.6. The number of phenols is 1. The molecule has 0 radical (unpaired) electrons. The first-order chi connectivity index (χ1) is 7.06. The molecule has 0 amide bonds. The molecule has 1 aromatic carbocycles. The van der Waals surface area contributed by atoms with Crippen LogP contribution in [0.15, 0.2) is 12.1 Å². The standard InChI is InChI=1S/C9H11ClN2O3/c1-2-11-5-6-3-7(10)4-8(9(6)13)12(14)15/h3-4,11,13H,2,5H2,1H3. The Bertz CT molecular complexity index is 382. The summed E-state index contributed by atoms with van der Waals surface area (Å²) in [4.78, 5) is 9.91. The van der Waals surface area contributed by atoms with Gasteiger partial charge in [-0.15, -0.1) is 0 Å². The summed E-state index contributed by atoms with van der Waals surface area (Å²) < 4.78 is 0. The van der Waals surface area contributed by atoms with Gasteiger partial charge in [-0.25, -0.2) is 0 Å². The predicted octanol–water partition coefficient (Wildman–Crippen LogP) is 2.06. The number of nitrogens with one attached hydrogen (secondary N) is 1. The van der Waals surface area contributed by atoms with E-state index >= 15 is 0 Å². The first-order valence-corrected chi connectivity index (χ1v) is 4.80. The average Bonchev–Trinajstić information content (AvgIpc) is 2.18. The maximum absolute atomic E-state index is 10.6. The second kappa shape index (κ2) is 4.95. The lowest BCUT2D eigenvalue weighted by atomic mass is 10.1. The third-order valence-electron chi connectivity index (χ3n) is 1.90. The van der Waals surface area contributed by atoms with Crippen LogP contribution in [0.25, 0.3) is 0 Å². The average molecular weight is 231 g/mol. The van der Waals surface area contributed by atoms with E-state index in [0.717, 1.165) is 6.07 Å². The van der Waals surface area contributed by atoms with Crippen molar-refractivity contribution >= 4 is 17.3 Å². The number of nitro groups is 1. The first kappa shape index (κ1) is 11.7. The molecular weight excluding hydrogens is 220 g/mol. The Morgan fingerprint density at radius 2 is 2.27 bits per heavy atom. The Hall–Kier alpha value is -1.33. The van der Waals surface area contributed by atoms with Gasteiger partial charge in [-0.3, -0.25) is 10.1 Å². The van der Waals surface area contributed by atoms with Gasteiger partial charge < -0.3 is 10.4 Å². The summed E-state index contributed by atoms with van der Waals surface area (Å²) in [5.74, 6) is -0.328. The lowest BCUT2D eigenvalue weighted by Gasteiger charge is -2.06. The van der Waals surface area contributed by atoms with Crippen LogP contribution in [-0.2, 0) is 6.54 Å². The second-order valence-electron chi connectivity index (χ2n) is 2.97. The Morgan fingerprint density at radius 3 is 2.80 bits per heavy atom. The number of phenolic OH excluding ortho intramolecular Hbond substituents is 1. The molecule has 2 N–H and O–H groups in total. The van der Waals surface area contributed by atoms with E-state index in [0.29, 0.717) is 18.7 Å². The van der Waals surface area contributed by atoms with Crippen molar-refractivity contribution in [1.82, 2.24) is 5.32 Å². The fraction of sp³-hybridized carbons (Fsp3) is 0.333. The van der Waals surface area contributed by atoms with Gasteiger partial charge in [0.15, 0.2) is 5.75 Å². The number of nitrogens with zero attached hydrogens (tertiary/aromatic N) is 1. The molecule has 82 valence electrons. The fourth-order valence-electron chi connectivity index (χ4n) is 1.17. The number of nitro benzene ring substituents is 1. The normalized spacial score (nSPS) is 10.3. The molecule has 1 rings (SSSR count). The number of hydrogen-bond acceptors (Lipinski definition) is 4. The molecule has 0 saturated carbocycles. The van der Waals surface area contributed by atoms with Crippen LogP contribution in [-0.4, -0.2) is 16.6 Å². The van der Waals surface area contributed by atoms with Crippen molar-refractivity contribution in [2.45, 2.75) is 13.5 Å². The smallest absolute Gasteiger partial charge is 0.312 e. The minimum atomic E-state index is -0.656. The number of aromatic hydroxyl groups is 1. The van der Waals surface area contributed by atoms with Gasteiger partial charge >= 0.3 is 5.69 Å². The Morgan fingerprint density at radius 1 is 1.60 bits per heavy atom. The van der Waals surface area contributed by atoms with Crippen molar-refractivity contribution in [3.05, 3.63) is 32.8 Å². The van der Waals surface area contributed by atoms with Crippen molar-refractivity contribution in [2.75, 3.05) is 6.54 Å². The summed E-state index contributed by atoms with van der Waals surface area (Å²) in [5, 5.41) is 23.3. The van der Waals surface area contributed by atoms with Crippen molar-refractivity contribution in [2.24, 2.45) is 0 Å². The van der Waals surface area contributed by atoms with Crippen LogP contribution in [0.2, 0.25) is 5.02 Å². The number of benzene rings is 1. The summed E-state index contributed by atoms with van der Waals surface area (Å²) in [6.45, 7) is 2.96. The molecular formula is C9H11ClN2O3. The molecule has 0 aliphatic rings. The van der Waals surface area contributed by atoms with E-state index < -0.39 is 4.92 Å². The van der Waals surface area contributed by atoms with Gasteiger partial charge in [0.05, 0.1) is 4.92 Å². The predicted molar refractivity (Wildman–Crippen MR) is 57.2 cm³/mol. The van der Waals surface area contributed by atoms with E-state index in [-0.39, 0.29) is 16.5 Å². The van der Waals surface area contributed by atoms with Crippen LogP contribution in [0.4, 0.5) is 5.69 Å². The monoisotopic (exact) mass is 230 g/mol. The summed E-state index contributed by atoms with van der Waals surface area (Å²) in [7, 11) is 0. The minimum absolute atomic E-state index is 0.243. The van der Waals surface area contributed by atoms with Crippen LogP contribution in [0.5, 0.6) is 5.75 Å². The lowest BCUT2D eigenvalue weighted by molar-refractivity contribution is -0.385. The van der Waals surface area contributed by atoms with E-state index in [1.165, 1.54) is 6.07 Å². The highest BCUT2D eigenvalue weighted by atomic mass is 35.5. The highest BCUT2D eigenvalue weighted by molar-refractivity contribution is 6.31. The molecule has 0 aromatic heterocycles. The zero-order valence-corrected chi connectivity index (χ0v) is 8.91. The quantitative estimate of drug-likeness (QED) is 0.613. The molecule has 0 aliphatic carbocycles. The highest BCUT2D eigenvalue weighted by Crippen LogP contribution is 2.32. The minimum Gasteiger partial charge on any atom is -0.502 e. The van der Waals surface area contributed by atoms with Crippen molar-refractivity contribution in [1.29, 1.82) is 0 Å². The molecule has 6 heteroatoms. The fourth-order valence-corrected chi connectivity index (χ4v) is 1.41. The van der Waals surface area contributed by atoms with Gasteiger partial charge in [-0.1, -0.05) is 18.5 Å². The number of halogens is 1. The van der Waals surface area contributed by atoms with Crippen LogP contribution < -0.4 is 5.32 Å². The molecule has 0 aliphatic heterocycles. The van der Waals surface area contributed by atoms with E-state index in [4.69, 9.17) is 11.6 Å². The second-order valence-corrected chi connectivity index (χ2v) is 3.41. The zero-order valence-electron chi connectivity index (χ0n) is 8.16. The Kier molecular flexibility index (Phi) is 3.88. The summed E-state index contributed by atoms with van der Waals surface area (Å²) in [6.07, 6.45) is 0. The maximum Gasteiger partial charge on any atom is 0.312 e. The zero-order chi connectivity index (χ0) is 11.4.